The van der Waals surface area contributed by atoms with Gasteiger partial charge >= 0.3 is 5.76 Å². The van der Waals surface area contributed by atoms with Gasteiger partial charge in [-0.25, -0.2) is 0 Å². The Morgan fingerprint density at radius 3 is 1.56 bits per heavy atom. The molecule has 0 bridgehead atoms. The number of hydrogen-bond acceptors (Lipinski definition) is 20. The Hall–Kier alpha value is -3.62. The highest BCUT2D eigenvalue weighted by Gasteiger charge is 2.49. The average molecular weight is 776 g/mol. The van der Waals surface area contributed by atoms with Crippen LogP contribution < -0.4 is 4.74 Å². The lowest BCUT2D eigenvalue weighted by molar-refractivity contribution is -0.292. The maximum absolute atomic E-state index is 10.8. The van der Waals surface area contributed by atoms with Gasteiger partial charge < -0.3 is 105 Å². The zero-order valence-corrected chi connectivity index (χ0v) is 28.0. The molecule has 21 heteroatoms. The molecule has 0 amide bonds. The van der Waals surface area contributed by atoms with E-state index in [2.05, 4.69) is 4.74 Å². The molecule has 4 aliphatic heterocycles. The smallest absolute Gasteiger partial charge is 0.305 e. The van der Waals surface area contributed by atoms with E-state index in [-0.39, 0.29) is 34.2 Å². The zero-order valence-electron chi connectivity index (χ0n) is 28.0. The van der Waals surface area contributed by atoms with Crippen LogP contribution in [0, 0.1) is 0 Å². The monoisotopic (exact) mass is 775 g/mol. The summed E-state index contributed by atoms with van der Waals surface area (Å²) in [5, 5.41) is 144. The first-order valence-corrected chi connectivity index (χ1v) is 16.7. The second kappa shape index (κ2) is 16.2. The van der Waals surface area contributed by atoms with Crippen molar-refractivity contribution in [2.75, 3.05) is 19.8 Å². The third-order valence-electron chi connectivity index (χ3n) is 9.51. The number of phenols is 1. The van der Waals surface area contributed by atoms with Gasteiger partial charge in [0.2, 0.25) is 30.7 Å². The minimum absolute atomic E-state index is 0.0844. The van der Waals surface area contributed by atoms with Crippen molar-refractivity contribution >= 4 is 5.76 Å². The van der Waals surface area contributed by atoms with Gasteiger partial charge in [-0.1, -0.05) is 0 Å². The molecule has 3 saturated heterocycles. The molecule has 0 spiro atoms. The lowest BCUT2D eigenvalue weighted by atomic mass is 9.96. The van der Waals surface area contributed by atoms with E-state index in [1.807, 2.05) is 0 Å². The molecule has 0 radical (unpaired) electrons. The molecule has 16 atom stereocenters. The second-order valence-corrected chi connectivity index (χ2v) is 13.1. The highest BCUT2D eigenvalue weighted by molar-refractivity contribution is 5.69. The summed E-state index contributed by atoms with van der Waals surface area (Å²) in [5.41, 5.74) is 0.186. The molecule has 0 aromatic heterocycles. The average Bonchev–Trinajstić information content (AvgIpc) is 3.16. The molecule has 54 heavy (non-hydrogen) atoms. The lowest BCUT2D eigenvalue weighted by Gasteiger charge is -2.41. The standard InChI is InChI=1S/C33H42O21/c34-7-18-21(39)24(42)27(45)31(52-18)49-15-5-11(37)4-14-12(15)6-17(51-33-29(47)26(44)23(41)20(9-36)54-33)30(48-14)10-1-2-13(38)16(3-10)50-32-28(46)25(43)22(40)19(8-35)53-32/h1-6,14,18-29,31-47H,7-9H2/p+1. The minimum atomic E-state index is -1.90. The SMILES string of the molecule is OCC1OC(OC2=CC(O)=CC3[OH+]C(c4ccc(O)c(OC5OC(CO)C(O)C(O)C5O)c4)=C(OC4OC(CO)C(O)C(O)C4O)C=C23)C(O)C(O)C1O. The van der Waals surface area contributed by atoms with E-state index in [0.29, 0.717) is 0 Å². The van der Waals surface area contributed by atoms with Crippen LogP contribution in [0.3, 0.4) is 0 Å². The van der Waals surface area contributed by atoms with Crippen LogP contribution in [-0.4, -0.2) is 194 Å². The van der Waals surface area contributed by atoms with Crippen molar-refractivity contribution < 1.29 is 105 Å². The largest absolute Gasteiger partial charge is 0.571 e. The molecular formula is C33H43O21+. The van der Waals surface area contributed by atoms with E-state index in [0.717, 1.165) is 12.1 Å². The normalized spacial score (nSPS) is 41.1. The van der Waals surface area contributed by atoms with Crippen LogP contribution in [-0.2, 0) is 23.7 Å². The third kappa shape index (κ3) is 7.62. The summed E-state index contributed by atoms with van der Waals surface area (Å²) in [4.78, 5) is 0. The number of phenolic OH excluding ortho intramolecular Hbond substituents is 1. The fourth-order valence-electron chi connectivity index (χ4n) is 6.37. The Balaban J connectivity index is 1.39. The van der Waals surface area contributed by atoms with E-state index in [1.54, 1.807) is 0 Å². The third-order valence-corrected chi connectivity index (χ3v) is 9.51. The van der Waals surface area contributed by atoms with Gasteiger partial charge in [-0.3, -0.25) is 0 Å². The van der Waals surface area contributed by atoms with Crippen molar-refractivity contribution in [3.8, 4) is 11.5 Å². The molecule has 15 N–H and O–H groups in total. The van der Waals surface area contributed by atoms with Crippen molar-refractivity contribution in [1.29, 1.82) is 0 Å². The van der Waals surface area contributed by atoms with E-state index in [1.165, 1.54) is 24.3 Å². The maximum atomic E-state index is 10.8. The summed E-state index contributed by atoms with van der Waals surface area (Å²) >= 11 is 0. The number of rotatable bonds is 10. The Kier molecular flexibility index (Phi) is 12.0. The number of aliphatic hydroxyl groups excluding tert-OH is 13. The molecule has 1 aromatic carbocycles. The Labute approximate surface area is 304 Å². The van der Waals surface area contributed by atoms with Crippen LogP contribution >= 0.6 is 0 Å². The Morgan fingerprint density at radius 1 is 0.574 bits per heavy atom. The van der Waals surface area contributed by atoms with E-state index < -0.39 is 130 Å². The summed E-state index contributed by atoms with van der Waals surface area (Å²) in [7, 11) is 0. The molecule has 4 heterocycles. The first-order valence-electron chi connectivity index (χ1n) is 16.7. The number of ether oxygens (including phenoxy) is 7. The number of fused-ring (bicyclic) bond motifs is 1. The molecule has 5 aliphatic rings. The Bertz CT molecular complexity index is 1620. The molecule has 3 fully saturated rings. The van der Waals surface area contributed by atoms with Gasteiger partial charge in [-0.05, 0) is 12.1 Å². The molecule has 21 nitrogen and oxygen atoms in total. The summed E-state index contributed by atoms with van der Waals surface area (Å²) in [6, 6.07) is 3.67. The van der Waals surface area contributed by atoms with Gasteiger partial charge in [0.15, 0.2) is 11.5 Å². The van der Waals surface area contributed by atoms with Crippen LogP contribution in [0.25, 0.3) is 5.76 Å². The van der Waals surface area contributed by atoms with Crippen LogP contribution in [0.5, 0.6) is 11.5 Å². The number of aromatic hydroxyl groups is 1. The maximum Gasteiger partial charge on any atom is 0.305 e. The summed E-state index contributed by atoms with van der Waals surface area (Å²) < 4.78 is 38.5. The quantitative estimate of drug-likeness (QED) is 0.0984. The highest BCUT2D eigenvalue weighted by atomic mass is 16.7. The zero-order chi connectivity index (χ0) is 39.2. The number of aliphatic hydroxyl groups is 15. The van der Waals surface area contributed by atoms with E-state index in [9.17, 15) is 71.5 Å². The van der Waals surface area contributed by atoms with Gasteiger partial charge in [0.05, 0.1) is 37.0 Å². The lowest BCUT2D eigenvalue weighted by Crippen LogP contribution is -2.60. The molecule has 300 valence electrons. The fraction of sp³-hybridized carbons (Fsp3) is 0.576. The fourth-order valence-corrected chi connectivity index (χ4v) is 6.37. The van der Waals surface area contributed by atoms with Gasteiger partial charge in [0.1, 0.15) is 84.8 Å². The molecule has 1 aliphatic carbocycles. The molecule has 16 unspecified atom stereocenters. The van der Waals surface area contributed by atoms with Crippen LogP contribution in [0.15, 0.2) is 59.3 Å². The van der Waals surface area contributed by atoms with Gasteiger partial charge in [0.25, 0.3) is 0 Å². The van der Waals surface area contributed by atoms with Crippen molar-refractivity contribution in [3.63, 3.8) is 0 Å². The number of hydrogen-bond donors (Lipinski definition) is 14. The van der Waals surface area contributed by atoms with E-state index in [4.69, 9.17) is 28.4 Å². The van der Waals surface area contributed by atoms with Crippen molar-refractivity contribution in [1.82, 2.24) is 0 Å². The molecule has 0 saturated carbocycles. The van der Waals surface area contributed by atoms with Crippen molar-refractivity contribution in [2.45, 2.75) is 98.2 Å². The first-order chi connectivity index (χ1) is 25.7. The van der Waals surface area contributed by atoms with Crippen LogP contribution in [0.2, 0.25) is 0 Å². The molecule has 1 aromatic rings. The predicted molar refractivity (Wildman–Crippen MR) is 172 cm³/mol. The van der Waals surface area contributed by atoms with Crippen LogP contribution in [0.4, 0.5) is 0 Å². The first kappa shape index (κ1) is 40.1. The van der Waals surface area contributed by atoms with Crippen molar-refractivity contribution in [3.05, 3.63) is 64.8 Å². The molecule has 6 rings (SSSR count). The number of benzene rings is 1. The summed E-state index contributed by atoms with van der Waals surface area (Å²) in [6.07, 6.45) is -22.8. The molecular weight excluding hydrogens is 732 g/mol. The van der Waals surface area contributed by atoms with Gasteiger partial charge in [0, 0.05) is 18.2 Å². The highest BCUT2D eigenvalue weighted by Crippen LogP contribution is 2.41. The summed E-state index contributed by atoms with van der Waals surface area (Å²) in [5.74, 6) is -1.83. The van der Waals surface area contributed by atoms with Gasteiger partial charge in [-0.2, -0.15) is 0 Å². The van der Waals surface area contributed by atoms with Gasteiger partial charge in [-0.15, -0.1) is 0 Å². The second-order valence-electron chi connectivity index (χ2n) is 13.1. The number of allylic oxidation sites excluding steroid dienone is 2. The van der Waals surface area contributed by atoms with E-state index >= 15 is 0 Å². The Morgan fingerprint density at radius 2 is 1.06 bits per heavy atom. The topological polar surface area (TPSA) is 351 Å². The predicted octanol–water partition coefficient (Wildman–Crippen LogP) is -5.95. The van der Waals surface area contributed by atoms with Crippen molar-refractivity contribution in [2.24, 2.45) is 0 Å². The van der Waals surface area contributed by atoms with Crippen LogP contribution in [0.1, 0.15) is 5.56 Å². The minimum Gasteiger partial charge on any atom is -0.571 e. The summed E-state index contributed by atoms with van der Waals surface area (Å²) in [6.45, 7) is -2.30.